The number of hydrogen-bond donors (Lipinski definition) is 2. The zero-order valence-corrected chi connectivity index (χ0v) is 15.8. The smallest absolute Gasteiger partial charge is 0.240 e. The van der Waals surface area contributed by atoms with Crippen LogP contribution in [0.4, 0.5) is 0 Å². The third-order valence-corrected chi connectivity index (χ3v) is 5.96. The molecular formula is C16H26ClN3O3S. The second-order valence-electron chi connectivity index (χ2n) is 6.43. The fourth-order valence-corrected chi connectivity index (χ4v) is 3.50. The number of nitrogens with zero attached hydrogens (tertiary/aromatic N) is 1. The number of halogens is 1. The van der Waals surface area contributed by atoms with Gasteiger partial charge in [0.15, 0.2) is 0 Å². The quantitative estimate of drug-likeness (QED) is 0.780. The van der Waals surface area contributed by atoms with Gasteiger partial charge in [0.1, 0.15) is 0 Å². The van der Waals surface area contributed by atoms with E-state index in [0.717, 1.165) is 25.1 Å². The van der Waals surface area contributed by atoms with Gasteiger partial charge in [-0.05, 0) is 49.5 Å². The van der Waals surface area contributed by atoms with Gasteiger partial charge in [-0.25, -0.2) is 13.1 Å². The number of rotatable bonds is 6. The van der Waals surface area contributed by atoms with Gasteiger partial charge in [0.2, 0.25) is 15.9 Å². The van der Waals surface area contributed by atoms with Gasteiger partial charge < -0.3 is 10.6 Å². The zero-order chi connectivity index (χ0) is 17.1. The Morgan fingerprint density at radius 1 is 1.33 bits per heavy atom. The highest BCUT2D eigenvalue weighted by Gasteiger charge is 2.34. The van der Waals surface area contributed by atoms with Crippen molar-refractivity contribution in [2.24, 2.45) is 11.1 Å². The molecule has 2 rings (SSSR count). The number of sulfonamides is 1. The van der Waals surface area contributed by atoms with Gasteiger partial charge in [0.05, 0.1) is 4.90 Å². The summed E-state index contributed by atoms with van der Waals surface area (Å²) in [6.45, 7) is 4.20. The SMILES string of the molecule is CNS(=O)(=O)c1ccc(CCC(=O)N2CCC(C)(CN)C2)cc1.Cl. The maximum atomic E-state index is 12.3. The number of carbonyl (C=O) groups excluding carboxylic acids is 1. The van der Waals surface area contributed by atoms with Crippen molar-refractivity contribution in [1.29, 1.82) is 0 Å². The molecule has 1 atom stereocenters. The van der Waals surface area contributed by atoms with E-state index < -0.39 is 10.0 Å². The predicted octanol–water partition coefficient (Wildman–Crippen LogP) is 1.15. The lowest BCUT2D eigenvalue weighted by Crippen LogP contribution is -2.34. The standard InChI is InChI=1S/C16H25N3O3S.ClH/c1-16(11-17)9-10-19(12-16)15(20)8-5-13-3-6-14(7-4-13)23(21,22)18-2;/h3-4,6-7,18H,5,8-12,17H2,1-2H3;1H. The van der Waals surface area contributed by atoms with Gasteiger partial charge in [-0.3, -0.25) is 4.79 Å². The van der Waals surface area contributed by atoms with Crippen LogP contribution >= 0.6 is 12.4 Å². The topological polar surface area (TPSA) is 92.5 Å². The van der Waals surface area contributed by atoms with Crippen molar-refractivity contribution in [1.82, 2.24) is 9.62 Å². The van der Waals surface area contributed by atoms with Crippen LogP contribution in [0.25, 0.3) is 0 Å². The maximum absolute atomic E-state index is 12.3. The molecule has 0 spiro atoms. The molecule has 1 fully saturated rings. The monoisotopic (exact) mass is 375 g/mol. The number of nitrogens with one attached hydrogen (secondary N) is 1. The van der Waals surface area contributed by atoms with Gasteiger partial charge >= 0.3 is 0 Å². The molecule has 1 amide bonds. The lowest BCUT2D eigenvalue weighted by Gasteiger charge is -2.22. The van der Waals surface area contributed by atoms with E-state index in [4.69, 9.17) is 5.73 Å². The molecule has 3 N–H and O–H groups in total. The third kappa shape index (κ3) is 4.92. The lowest BCUT2D eigenvalue weighted by atomic mass is 9.90. The number of aryl methyl sites for hydroxylation is 1. The minimum atomic E-state index is -3.41. The molecular weight excluding hydrogens is 350 g/mol. The molecule has 24 heavy (non-hydrogen) atoms. The Kier molecular flexibility index (Phi) is 7.22. The molecule has 1 saturated heterocycles. The number of carbonyl (C=O) groups is 1. The van der Waals surface area contributed by atoms with E-state index in [0.29, 0.717) is 19.4 Å². The van der Waals surface area contributed by atoms with Crippen LogP contribution in [0.3, 0.4) is 0 Å². The molecule has 1 aromatic carbocycles. The Morgan fingerprint density at radius 2 is 1.96 bits per heavy atom. The summed E-state index contributed by atoms with van der Waals surface area (Å²) in [5.74, 6) is 0.133. The van der Waals surface area contributed by atoms with E-state index in [-0.39, 0.29) is 28.6 Å². The minimum Gasteiger partial charge on any atom is -0.342 e. The maximum Gasteiger partial charge on any atom is 0.240 e. The number of amides is 1. The molecule has 1 aliphatic rings. The van der Waals surface area contributed by atoms with Crippen LogP contribution in [0, 0.1) is 5.41 Å². The Balaban J connectivity index is 0.00000288. The van der Waals surface area contributed by atoms with E-state index in [1.54, 1.807) is 24.3 Å². The Labute approximate surface area is 150 Å². The summed E-state index contributed by atoms with van der Waals surface area (Å²) in [6.07, 6.45) is 1.99. The normalized spacial score (nSPS) is 20.7. The van der Waals surface area contributed by atoms with Crippen LogP contribution in [0.2, 0.25) is 0 Å². The number of hydrogen-bond acceptors (Lipinski definition) is 4. The second-order valence-corrected chi connectivity index (χ2v) is 8.32. The van der Waals surface area contributed by atoms with E-state index >= 15 is 0 Å². The molecule has 1 aliphatic heterocycles. The highest BCUT2D eigenvalue weighted by Crippen LogP contribution is 2.28. The molecule has 0 radical (unpaired) electrons. The van der Waals surface area contributed by atoms with Crippen LogP contribution in [0.15, 0.2) is 29.2 Å². The first-order valence-corrected chi connectivity index (χ1v) is 9.28. The van der Waals surface area contributed by atoms with Crippen LogP contribution in [-0.2, 0) is 21.2 Å². The number of likely N-dealkylation sites (tertiary alicyclic amines) is 1. The van der Waals surface area contributed by atoms with E-state index in [1.165, 1.54) is 7.05 Å². The first-order valence-electron chi connectivity index (χ1n) is 7.80. The summed E-state index contributed by atoms with van der Waals surface area (Å²) < 4.78 is 25.6. The Morgan fingerprint density at radius 3 is 2.46 bits per heavy atom. The molecule has 8 heteroatoms. The summed E-state index contributed by atoms with van der Waals surface area (Å²) in [5.41, 5.74) is 6.76. The van der Waals surface area contributed by atoms with Crippen molar-refractivity contribution >= 4 is 28.3 Å². The highest BCUT2D eigenvalue weighted by molar-refractivity contribution is 7.89. The zero-order valence-electron chi connectivity index (χ0n) is 14.1. The van der Waals surface area contributed by atoms with E-state index in [2.05, 4.69) is 11.6 Å². The van der Waals surface area contributed by atoms with Gasteiger partial charge in [-0.2, -0.15) is 0 Å². The molecule has 6 nitrogen and oxygen atoms in total. The largest absolute Gasteiger partial charge is 0.342 e. The van der Waals surface area contributed by atoms with Gasteiger partial charge in [-0.15, -0.1) is 12.4 Å². The molecule has 0 bridgehead atoms. The molecule has 0 saturated carbocycles. The van der Waals surface area contributed by atoms with Gasteiger partial charge in [-0.1, -0.05) is 19.1 Å². The third-order valence-electron chi connectivity index (χ3n) is 4.53. The van der Waals surface area contributed by atoms with E-state index in [1.807, 2.05) is 4.90 Å². The number of nitrogens with two attached hydrogens (primary N) is 1. The molecule has 0 aliphatic carbocycles. The van der Waals surface area contributed by atoms with E-state index in [9.17, 15) is 13.2 Å². The van der Waals surface area contributed by atoms with Crippen LogP contribution in [0.1, 0.15) is 25.3 Å². The first kappa shape index (κ1) is 20.9. The molecule has 1 unspecified atom stereocenters. The Hall–Kier alpha value is -1.15. The van der Waals surface area contributed by atoms with Gasteiger partial charge in [0, 0.05) is 19.5 Å². The summed E-state index contributed by atoms with van der Waals surface area (Å²) in [6, 6.07) is 6.64. The van der Waals surface area contributed by atoms with Crippen LogP contribution < -0.4 is 10.5 Å². The summed E-state index contributed by atoms with van der Waals surface area (Å²) in [4.78, 5) is 14.4. The summed E-state index contributed by atoms with van der Waals surface area (Å²) in [7, 11) is -2.03. The second kappa shape index (κ2) is 8.29. The Bertz CT molecular complexity index is 664. The van der Waals surface area contributed by atoms with Gasteiger partial charge in [0.25, 0.3) is 0 Å². The van der Waals surface area contributed by atoms with Crippen molar-refractivity contribution in [2.45, 2.75) is 31.1 Å². The van der Waals surface area contributed by atoms with Crippen molar-refractivity contribution in [3.8, 4) is 0 Å². The van der Waals surface area contributed by atoms with Crippen molar-refractivity contribution in [3.63, 3.8) is 0 Å². The average Bonchev–Trinajstić information content (AvgIpc) is 2.96. The summed E-state index contributed by atoms with van der Waals surface area (Å²) in [5, 5.41) is 0. The summed E-state index contributed by atoms with van der Waals surface area (Å²) >= 11 is 0. The molecule has 136 valence electrons. The van der Waals surface area contributed by atoms with Crippen molar-refractivity contribution in [3.05, 3.63) is 29.8 Å². The van der Waals surface area contributed by atoms with Crippen molar-refractivity contribution < 1.29 is 13.2 Å². The first-order chi connectivity index (χ1) is 10.8. The lowest BCUT2D eigenvalue weighted by molar-refractivity contribution is -0.130. The molecule has 0 aromatic heterocycles. The fraction of sp³-hybridized carbons (Fsp3) is 0.562. The van der Waals surface area contributed by atoms with Crippen molar-refractivity contribution in [2.75, 3.05) is 26.7 Å². The highest BCUT2D eigenvalue weighted by atomic mass is 35.5. The van der Waals surface area contributed by atoms with Crippen LogP contribution in [0.5, 0.6) is 0 Å². The minimum absolute atomic E-state index is 0. The molecule has 1 heterocycles. The van der Waals surface area contributed by atoms with Crippen LogP contribution in [-0.4, -0.2) is 45.9 Å². The predicted molar refractivity (Wildman–Crippen MR) is 96.6 cm³/mol. The number of benzene rings is 1. The average molecular weight is 376 g/mol. The molecule has 1 aromatic rings. The fourth-order valence-electron chi connectivity index (χ4n) is 2.77.